The summed E-state index contributed by atoms with van der Waals surface area (Å²) >= 11 is 0. The van der Waals surface area contributed by atoms with Crippen LogP contribution in [0.5, 0.6) is 0 Å². The Morgan fingerprint density at radius 2 is 1.83 bits per heavy atom. The van der Waals surface area contributed by atoms with Crippen molar-refractivity contribution in [3.63, 3.8) is 0 Å². The molecule has 102 valence electrons. The molecule has 1 N–H and O–H groups in total. The van der Waals surface area contributed by atoms with Crippen LogP contribution in [0, 0.1) is 19.8 Å². The van der Waals surface area contributed by atoms with Gasteiger partial charge in [-0.3, -0.25) is 0 Å². The average Bonchev–Trinajstić information content (AvgIpc) is 2.30. The number of aryl methyl sites for hydroxylation is 2. The highest BCUT2D eigenvalue weighted by molar-refractivity contribution is 5.30. The first-order valence-corrected chi connectivity index (χ1v) is 6.81. The van der Waals surface area contributed by atoms with E-state index in [9.17, 15) is 5.11 Å². The molecule has 0 fully saturated rings. The molecule has 0 spiro atoms. The van der Waals surface area contributed by atoms with E-state index in [0.29, 0.717) is 18.9 Å². The minimum Gasteiger partial charge on any atom is -0.390 e. The smallest absolute Gasteiger partial charge is 0.0859 e. The van der Waals surface area contributed by atoms with E-state index >= 15 is 0 Å². The highest BCUT2D eigenvalue weighted by Gasteiger charge is 2.23. The Bertz CT molecular complexity index is 371. The summed E-state index contributed by atoms with van der Waals surface area (Å²) in [6.45, 7) is 11.0. The lowest BCUT2D eigenvalue weighted by atomic mass is 9.95. The van der Waals surface area contributed by atoms with Crippen molar-refractivity contribution in [2.75, 3.05) is 6.61 Å². The van der Waals surface area contributed by atoms with Crippen molar-refractivity contribution in [3.8, 4) is 0 Å². The Labute approximate surface area is 111 Å². The SMILES string of the molecule is CCOC(C(C)C)C(O)Cc1ccc(C)c(C)c1. The second-order valence-corrected chi connectivity index (χ2v) is 5.35. The van der Waals surface area contributed by atoms with Crippen molar-refractivity contribution in [2.24, 2.45) is 5.92 Å². The summed E-state index contributed by atoms with van der Waals surface area (Å²) in [7, 11) is 0. The molecule has 1 rings (SSSR count). The number of rotatable bonds is 6. The van der Waals surface area contributed by atoms with Crippen molar-refractivity contribution < 1.29 is 9.84 Å². The predicted octanol–water partition coefficient (Wildman–Crippen LogP) is 3.27. The van der Waals surface area contributed by atoms with Crippen LogP contribution in [0.3, 0.4) is 0 Å². The average molecular weight is 250 g/mol. The van der Waals surface area contributed by atoms with E-state index in [2.05, 4.69) is 45.9 Å². The third kappa shape index (κ3) is 4.11. The maximum atomic E-state index is 10.3. The fourth-order valence-electron chi connectivity index (χ4n) is 2.23. The van der Waals surface area contributed by atoms with Crippen LogP contribution in [-0.4, -0.2) is 23.9 Å². The predicted molar refractivity (Wildman–Crippen MR) is 75.9 cm³/mol. The molecule has 0 saturated heterocycles. The van der Waals surface area contributed by atoms with Gasteiger partial charge in [0.1, 0.15) is 0 Å². The summed E-state index contributed by atoms with van der Waals surface area (Å²) in [6.07, 6.45) is 0.132. The van der Waals surface area contributed by atoms with Gasteiger partial charge < -0.3 is 9.84 Å². The molecule has 0 aliphatic carbocycles. The van der Waals surface area contributed by atoms with E-state index in [-0.39, 0.29) is 6.10 Å². The molecule has 2 nitrogen and oxygen atoms in total. The molecule has 0 radical (unpaired) electrons. The molecule has 2 atom stereocenters. The van der Waals surface area contributed by atoms with Gasteiger partial charge in [0, 0.05) is 13.0 Å². The Balaban J connectivity index is 2.72. The van der Waals surface area contributed by atoms with Crippen molar-refractivity contribution in [2.45, 2.75) is 53.2 Å². The summed E-state index contributed by atoms with van der Waals surface area (Å²) in [4.78, 5) is 0. The number of ether oxygens (including phenoxy) is 1. The standard InChI is InChI=1S/C16H26O2/c1-6-18-16(11(2)3)15(17)10-14-8-7-12(4)13(5)9-14/h7-9,11,15-17H,6,10H2,1-5H3. The summed E-state index contributed by atoms with van der Waals surface area (Å²) < 4.78 is 5.64. The third-order valence-electron chi connectivity index (χ3n) is 3.41. The van der Waals surface area contributed by atoms with Gasteiger partial charge in [-0.25, -0.2) is 0 Å². The molecule has 2 unspecified atom stereocenters. The maximum absolute atomic E-state index is 10.3. The van der Waals surface area contributed by atoms with Crippen LogP contribution in [0.15, 0.2) is 18.2 Å². The van der Waals surface area contributed by atoms with E-state index in [4.69, 9.17) is 4.74 Å². The zero-order valence-corrected chi connectivity index (χ0v) is 12.2. The van der Waals surface area contributed by atoms with Gasteiger partial charge >= 0.3 is 0 Å². The van der Waals surface area contributed by atoms with Crippen LogP contribution in [-0.2, 0) is 11.2 Å². The summed E-state index contributed by atoms with van der Waals surface area (Å²) in [5.41, 5.74) is 3.74. The van der Waals surface area contributed by atoms with E-state index in [1.807, 2.05) is 6.92 Å². The quantitative estimate of drug-likeness (QED) is 0.839. The highest BCUT2D eigenvalue weighted by Crippen LogP contribution is 2.17. The number of benzene rings is 1. The molecular weight excluding hydrogens is 224 g/mol. The van der Waals surface area contributed by atoms with E-state index in [1.54, 1.807) is 0 Å². The molecule has 2 heteroatoms. The molecule has 0 aliphatic heterocycles. The molecule has 0 aliphatic rings. The molecule has 0 bridgehead atoms. The van der Waals surface area contributed by atoms with Crippen molar-refractivity contribution in [1.82, 2.24) is 0 Å². The largest absolute Gasteiger partial charge is 0.390 e. The molecule has 1 aromatic rings. The van der Waals surface area contributed by atoms with E-state index in [0.717, 1.165) is 0 Å². The minimum absolute atomic E-state index is 0.0865. The van der Waals surface area contributed by atoms with Gasteiger partial charge in [0.15, 0.2) is 0 Å². The number of hydrogen-bond donors (Lipinski definition) is 1. The first-order chi connectivity index (χ1) is 8.45. The van der Waals surface area contributed by atoms with Gasteiger partial charge in [-0.05, 0) is 43.4 Å². The molecular formula is C16H26O2. The van der Waals surface area contributed by atoms with Gasteiger partial charge in [-0.1, -0.05) is 32.0 Å². The number of hydrogen-bond acceptors (Lipinski definition) is 2. The first-order valence-electron chi connectivity index (χ1n) is 6.81. The second kappa shape index (κ2) is 6.91. The van der Waals surface area contributed by atoms with Gasteiger partial charge in [0.25, 0.3) is 0 Å². The maximum Gasteiger partial charge on any atom is 0.0859 e. The number of aliphatic hydroxyl groups excluding tert-OH is 1. The topological polar surface area (TPSA) is 29.5 Å². The molecule has 1 aromatic carbocycles. The van der Waals surface area contributed by atoms with Gasteiger partial charge in [0.2, 0.25) is 0 Å². The van der Waals surface area contributed by atoms with E-state index < -0.39 is 6.10 Å². The van der Waals surface area contributed by atoms with Crippen molar-refractivity contribution in [1.29, 1.82) is 0 Å². The van der Waals surface area contributed by atoms with Crippen LogP contribution >= 0.6 is 0 Å². The lowest BCUT2D eigenvalue weighted by Crippen LogP contribution is -2.35. The first kappa shape index (κ1) is 15.2. The number of aliphatic hydroxyl groups is 1. The Kier molecular flexibility index (Phi) is 5.83. The summed E-state index contributed by atoms with van der Waals surface area (Å²) in [5, 5.41) is 10.3. The van der Waals surface area contributed by atoms with Crippen molar-refractivity contribution in [3.05, 3.63) is 34.9 Å². The van der Waals surface area contributed by atoms with Gasteiger partial charge in [-0.2, -0.15) is 0 Å². The Hall–Kier alpha value is -0.860. The zero-order valence-electron chi connectivity index (χ0n) is 12.2. The molecule has 0 aromatic heterocycles. The monoisotopic (exact) mass is 250 g/mol. The van der Waals surface area contributed by atoms with Gasteiger partial charge in [0.05, 0.1) is 12.2 Å². The normalized spacial score (nSPS) is 14.8. The lowest BCUT2D eigenvalue weighted by molar-refractivity contribution is -0.0562. The minimum atomic E-state index is -0.438. The fraction of sp³-hybridized carbons (Fsp3) is 0.625. The molecule has 0 amide bonds. The Morgan fingerprint density at radius 3 is 2.33 bits per heavy atom. The summed E-state index contributed by atoms with van der Waals surface area (Å²) in [5.74, 6) is 0.325. The van der Waals surface area contributed by atoms with Gasteiger partial charge in [-0.15, -0.1) is 0 Å². The van der Waals surface area contributed by atoms with Crippen molar-refractivity contribution >= 4 is 0 Å². The lowest BCUT2D eigenvalue weighted by Gasteiger charge is -2.26. The van der Waals surface area contributed by atoms with Crippen LogP contribution in [0.4, 0.5) is 0 Å². The summed E-state index contributed by atoms with van der Waals surface area (Å²) in [6, 6.07) is 6.36. The molecule has 0 heterocycles. The molecule has 18 heavy (non-hydrogen) atoms. The van der Waals surface area contributed by atoms with Crippen LogP contribution in [0.2, 0.25) is 0 Å². The Morgan fingerprint density at radius 1 is 1.17 bits per heavy atom. The van der Waals surface area contributed by atoms with E-state index in [1.165, 1.54) is 16.7 Å². The van der Waals surface area contributed by atoms with Crippen LogP contribution in [0.1, 0.15) is 37.5 Å². The second-order valence-electron chi connectivity index (χ2n) is 5.35. The van der Waals surface area contributed by atoms with Crippen LogP contribution in [0.25, 0.3) is 0 Å². The van der Waals surface area contributed by atoms with Crippen LogP contribution < -0.4 is 0 Å². The zero-order chi connectivity index (χ0) is 13.7. The molecule has 0 saturated carbocycles. The highest BCUT2D eigenvalue weighted by atomic mass is 16.5. The fourth-order valence-corrected chi connectivity index (χ4v) is 2.23. The third-order valence-corrected chi connectivity index (χ3v) is 3.41.